The van der Waals surface area contributed by atoms with Gasteiger partial charge in [0.2, 0.25) is 0 Å². The number of aromatic carboxylic acids is 1. The molecule has 1 aliphatic carbocycles. The summed E-state index contributed by atoms with van der Waals surface area (Å²) >= 11 is 0. The van der Waals surface area contributed by atoms with Gasteiger partial charge in [0, 0.05) is 37.4 Å². The summed E-state index contributed by atoms with van der Waals surface area (Å²) in [5, 5.41) is 9.87. The van der Waals surface area contributed by atoms with Crippen LogP contribution in [0.1, 0.15) is 44.2 Å². The summed E-state index contributed by atoms with van der Waals surface area (Å²) in [5.41, 5.74) is -7.89. The number of rotatable bonds is 13. The topological polar surface area (TPSA) is 168 Å². The summed E-state index contributed by atoms with van der Waals surface area (Å²) in [6.45, 7) is -0.488. The first-order chi connectivity index (χ1) is 19.2. The highest BCUT2D eigenvalue weighted by Gasteiger charge is 2.49. The fourth-order valence-electron chi connectivity index (χ4n) is 3.48. The molecule has 1 aromatic heterocycles. The van der Waals surface area contributed by atoms with Gasteiger partial charge in [0.25, 0.3) is 5.91 Å². The van der Waals surface area contributed by atoms with E-state index in [9.17, 15) is 41.1 Å². The van der Waals surface area contributed by atoms with Crippen molar-refractivity contribution in [1.29, 1.82) is 0 Å². The quantitative estimate of drug-likeness (QED) is 0.117. The number of carbonyl (C=O) groups excluding carboxylic acids is 2. The minimum absolute atomic E-state index is 0.00508. The number of carboxylic acid groups (broad SMARTS) is 1. The van der Waals surface area contributed by atoms with Crippen molar-refractivity contribution in [3.63, 3.8) is 0 Å². The predicted octanol–water partition coefficient (Wildman–Crippen LogP) is 2.70. The number of carboxylic acids is 1. The molecule has 1 fully saturated rings. The van der Waals surface area contributed by atoms with E-state index in [0.29, 0.717) is 6.07 Å². The van der Waals surface area contributed by atoms with E-state index in [2.05, 4.69) is 9.17 Å². The monoisotopic (exact) mass is 606 g/mol. The molecule has 2 aromatic rings. The zero-order chi connectivity index (χ0) is 30.5. The highest BCUT2D eigenvalue weighted by molar-refractivity contribution is 7.88. The van der Waals surface area contributed by atoms with E-state index in [1.165, 1.54) is 25.1 Å². The Labute approximate surface area is 231 Å². The SMILES string of the molecule is COCCOCOC(=O)c1cc(OS(=O)(=O)C(F)(F)F)c(OC)cc1-c1ccc(C(=O)N(C)C2CC2)nc1C(=O)O. The standard InChI is InChI=1S/C24H25F3N2O11S/c1-29(13-4-5-13)21(30)17-7-6-14(20(28-17)22(31)32)15-10-18(37-3)19(40-41(34,35)24(25,26)27)11-16(15)23(33)39-12-38-9-8-36-2/h6-7,10-11,13H,4-5,8-9,12H2,1-3H3,(H,31,32). The molecular formula is C24H25F3N2O11S. The van der Waals surface area contributed by atoms with Crippen LogP contribution in [0.5, 0.6) is 11.5 Å². The third kappa shape index (κ3) is 7.42. The highest BCUT2D eigenvalue weighted by Crippen LogP contribution is 2.40. The van der Waals surface area contributed by atoms with Gasteiger partial charge in [-0.05, 0) is 31.0 Å². The fourth-order valence-corrected chi connectivity index (χ4v) is 3.94. The van der Waals surface area contributed by atoms with Crippen LogP contribution >= 0.6 is 0 Å². The summed E-state index contributed by atoms with van der Waals surface area (Å²) in [7, 11) is -2.29. The Kier molecular flexibility index (Phi) is 9.77. The number of methoxy groups -OCH3 is 2. The molecule has 1 N–H and O–H groups in total. The van der Waals surface area contributed by atoms with E-state index in [0.717, 1.165) is 32.1 Å². The number of ether oxygens (including phenoxy) is 4. The van der Waals surface area contributed by atoms with Gasteiger partial charge in [0.05, 0.1) is 25.9 Å². The number of carbonyl (C=O) groups is 3. The normalized spacial score (nSPS) is 13.4. The molecule has 0 atom stereocenters. The fraction of sp³-hybridized carbons (Fsp3) is 0.417. The second kappa shape index (κ2) is 12.7. The maximum atomic E-state index is 13.0. The van der Waals surface area contributed by atoms with Crippen LogP contribution in [0.15, 0.2) is 24.3 Å². The molecule has 1 saturated carbocycles. The van der Waals surface area contributed by atoms with Crippen molar-refractivity contribution in [1.82, 2.24) is 9.88 Å². The summed E-state index contributed by atoms with van der Waals surface area (Å²) in [6.07, 6.45) is 1.57. The van der Waals surface area contributed by atoms with Gasteiger partial charge in [0.15, 0.2) is 24.0 Å². The summed E-state index contributed by atoms with van der Waals surface area (Å²) in [5.74, 6) is -5.05. The number of nitrogens with zero attached hydrogens (tertiary/aromatic N) is 2. The Hall–Kier alpha value is -3.96. The first kappa shape index (κ1) is 31.6. The number of pyridine rings is 1. The minimum Gasteiger partial charge on any atom is -0.493 e. The number of aromatic nitrogens is 1. The molecule has 17 heteroatoms. The molecule has 41 heavy (non-hydrogen) atoms. The number of amides is 1. The third-order valence-corrected chi connectivity index (χ3v) is 6.70. The van der Waals surface area contributed by atoms with E-state index in [4.69, 9.17) is 18.9 Å². The van der Waals surface area contributed by atoms with Crippen LogP contribution in [-0.4, -0.2) is 94.1 Å². The van der Waals surface area contributed by atoms with Crippen molar-refractivity contribution in [2.24, 2.45) is 0 Å². The first-order valence-corrected chi connectivity index (χ1v) is 13.1. The highest BCUT2D eigenvalue weighted by atomic mass is 32.2. The number of hydrogen-bond acceptors (Lipinski definition) is 11. The van der Waals surface area contributed by atoms with Crippen molar-refractivity contribution in [2.45, 2.75) is 24.4 Å². The second-order valence-electron chi connectivity index (χ2n) is 8.53. The molecule has 0 spiro atoms. The van der Waals surface area contributed by atoms with E-state index >= 15 is 0 Å². The van der Waals surface area contributed by atoms with Crippen LogP contribution in [0.4, 0.5) is 13.2 Å². The molecule has 224 valence electrons. The van der Waals surface area contributed by atoms with E-state index in [1.54, 1.807) is 0 Å². The molecule has 0 radical (unpaired) electrons. The van der Waals surface area contributed by atoms with Crippen molar-refractivity contribution >= 4 is 28.0 Å². The van der Waals surface area contributed by atoms with Crippen LogP contribution < -0.4 is 8.92 Å². The Morgan fingerprint density at radius 2 is 1.76 bits per heavy atom. The molecule has 1 heterocycles. The largest absolute Gasteiger partial charge is 0.534 e. The molecular weight excluding hydrogens is 581 g/mol. The number of esters is 1. The zero-order valence-electron chi connectivity index (χ0n) is 21.9. The average molecular weight is 607 g/mol. The zero-order valence-corrected chi connectivity index (χ0v) is 22.7. The number of alkyl halides is 3. The Balaban J connectivity index is 2.14. The lowest BCUT2D eigenvalue weighted by atomic mass is 9.96. The van der Waals surface area contributed by atoms with Gasteiger partial charge in [-0.2, -0.15) is 21.6 Å². The molecule has 3 rings (SSSR count). The van der Waals surface area contributed by atoms with Crippen LogP contribution in [0, 0.1) is 0 Å². The van der Waals surface area contributed by atoms with Crippen LogP contribution in [-0.2, 0) is 24.3 Å². The minimum atomic E-state index is -6.20. The van der Waals surface area contributed by atoms with Crippen molar-refractivity contribution in [2.75, 3.05) is 41.3 Å². The van der Waals surface area contributed by atoms with Gasteiger partial charge in [-0.15, -0.1) is 0 Å². The molecule has 0 saturated heterocycles. The first-order valence-electron chi connectivity index (χ1n) is 11.7. The molecule has 1 aliphatic rings. The van der Waals surface area contributed by atoms with E-state index < -0.39 is 63.0 Å². The maximum Gasteiger partial charge on any atom is 0.534 e. The van der Waals surface area contributed by atoms with E-state index in [-0.39, 0.29) is 36.1 Å². The summed E-state index contributed by atoms with van der Waals surface area (Å²) in [4.78, 5) is 43.3. The van der Waals surface area contributed by atoms with Gasteiger partial charge in [-0.25, -0.2) is 14.6 Å². The predicted molar refractivity (Wildman–Crippen MR) is 132 cm³/mol. The van der Waals surface area contributed by atoms with Gasteiger partial charge in [-0.3, -0.25) is 4.79 Å². The van der Waals surface area contributed by atoms with Crippen molar-refractivity contribution in [3.05, 3.63) is 41.2 Å². The number of halogens is 3. The average Bonchev–Trinajstić information content (AvgIpc) is 3.76. The maximum absolute atomic E-state index is 13.0. The molecule has 0 bridgehead atoms. The van der Waals surface area contributed by atoms with Crippen molar-refractivity contribution < 1.29 is 64.2 Å². The number of benzene rings is 1. The molecule has 0 aliphatic heterocycles. The lowest BCUT2D eigenvalue weighted by molar-refractivity contribution is -0.0500. The summed E-state index contributed by atoms with van der Waals surface area (Å²) in [6, 6.07) is 3.83. The molecule has 13 nitrogen and oxygen atoms in total. The lowest BCUT2D eigenvalue weighted by Crippen LogP contribution is -2.30. The van der Waals surface area contributed by atoms with Crippen LogP contribution in [0.2, 0.25) is 0 Å². The Bertz CT molecular complexity index is 1430. The Morgan fingerprint density at radius 1 is 1.07 bits per heavy atom. The van der Waals surface area contributed by atoms with E-state index in [1.807, 2.05) is 0 Å². The van der Waals surface area contributed by atoms with Crippen molar-refractivity contribution in [3.8, 4) is 22.6 Å². The van der Waals surface area contributed by atoms with Gasteiger partial charge < -0.3 is 33.1 Å². The molecule has 0 unspecified atom stereocenters. The Morgan fingerprint density at radius 3 is 2.32 bits per heavy atom. The third-order valence-electron chi connectivity index (χ3n) is 5.73. The van der Waals surface area contributed by atoms with Gasteiger partial charge in [0.1, 0.15) is 5.69 Å². The molecule has 1 aromatic carbocycles. The molecule has 1 amide bonds. The van der Waals surface area contributed by atoms with Crippen LogP contribution in [0.3, 0.4) is 0 Å². The number of hydrogen-bond donors (Lipinski definition) is 1. The van der Waals surface area contributed by atoms with Crippen LogP contribution in [0.25, 0.3) is 11.1 Å². The smallest absolute Gasteiger partial charge is 0.493 e. The summed E-state index contributed by atoms with van der Waals surface area (Å²) < 4.78 is 86.3. The lowest BCUT2D eigenvalue weighted by Gasteiger charge is -2.18. The van der Waals surface area contributed by atoms with Gasteiger partial charge >= 0.3 is 27.6 Å². The second-order valence-corrected chi connectivity index (χ2v) is 10.1. The van der Waals surface area contributed by atoms with Gasteiger partial charge in [-0.1, -0.05) is 0 Å².